The number of methoxy groups -OCH3 is 1. The second-order valence-corrected chi connectivity index (χ2v) is 6.97. The van der Waals surface area contributed by atoms with Crippen molar-refractivity contribution in [3.63, 3.8) is 0 Å². The van der Waals surface area contributed by atoms with Gasteiger partial charge in [0.2, 0.25) is 5.91 Å². The van der Waals surface area contributed by atoms with Crippen molar-refractivity contribution in [1.82, 2.24) is 9.80 Å². The topological polar surface area (TPSA) is 59.1 Å². The molecule has 6 heteroatoms. The molecule has 0 spiro atoms. The SMILES string of the molecule is COCCOc1cccc(C(=O)N2CCN(C(=O)CCC(C)C)CC2)c1. The number of rotatable bonds is 8. The molecule has 0 atom stereocenters. The Morgan fingerprint density at radius 3 is 2.42 bits per heavy atom. The minimum absolute atomic E-state index is 0.0172. The number of carbonyl (C=O) groups is 2. The van der Waals surface area contributed by atoms with Gasteiger partial charge in [-0.05, 0) is 30.5 Å². The van der Waals surface area contributed by atoms with Gasteiger partial charge in [0.1, 0.15) is 12.4 Å². The maximum absolute atomic E-state index is 12.7. The monoisotopic (exact) mass is 362 g/mol. The molecule has 1 heterocycles. The Bertz CT molecular complexity index is 595. The van der Waals surface area contributed by atoms with Crippen LogP contribution in [-0.2, 0) is 9.53 Å². The van der Waals surface area contributed by atoms with Crippen LogP contribution >= 0.6 is 0 Å². The van der Waals surface area contributed by atoms with Crippen LogP contribution in [0, 0.1) is 5.92 Å². The number of amides is 2. The van der Waals surface area contributed by atoms with E-state index in [4.69, 9.17) is 9.47 Å². The maximum Gasteiger partial charge on any atom is 0.254 e. The molecule has 144 valence electrons. The van der Waals surface area contributed by atoms with Crippen LogP contribution in [0.5, 0.6) is 5.75 Å². The highest BCUT2D eigenvalue weighted by atomic mass is 16.5. The van der Waals surface area contributed by atoms with Gasteiger partial charge in [0.15, 0.2) is 0 Å². The maximum atomic E-state index is 12.7. The third kappa shape index (κ3) is 6.02. The van der Waals surface area contributed by atoms with E-state index in [2.05, 4.69) is 13.8 Å². The number of piperazine rings is 1. The summed E-state index contributed by atoms with van der Waals surface area (Å²) in [6.45, 7) is 7.55. The van der Waals surface area contributed by atoms with Gasteiger partial charge in [0, 0.05) is 45.3 Å². The molecule has 1 aromatic carbocycles. The van der Waals surface area contributed by atoms with E-state index in [1.165, 1.54) is 0 Å². The van der Waals surface area contributed by atoms with Crippen molar-refractivity contribution in [1.29, 1.82) is 0 Å². The molecule has 1 saturated heterocycles. The van der Waals surface area contributed by atoms with Crippen LogP contribution in [0.25, 0.3) is 0 Å². The number of hydrogen-bond acceptors (Lipinski definition) is 4. The molecule has 2 rings (SSSR count). The van der Waals surface area contributed by atoms with Gasteiger partial charge >= 0.3 is 0 Å². The lowest BCUT2D eigenvalue weighted by Gasteiger charge is -2.35. The number of hydrogen-bond donors (Lipinski definition) is 0. The summed E-state index contributed by atoms with van der Waals surface area (Å²) < 4.78 is 10.5. The molecule has 0 radical (unpaired) electrons. The number of benzene rings is 1. The average molecular weight is 362 g/mol. The van der Waals surface area contributed by atoms with E-state index in [9.17, 15) is 9.59 Å². The zero-order chi connectivity index (χ0) is 18.9. The van der Waals surface area contributed by atoms with Gasteiger partial charge in [-0.1, -0.05) is 19.9 Å². The van der Waals surface area contributed by atoms with E-state index in [0.717, 1.165) is 6.42 Å². The van der Waals surface area contributed by atoms with E-state index < -0.39 is 0 Å². The van der Waals surface area contributed by atoms with Crippen LogP contribution in [0.15, 0.2) is 24.3 Å². The predicted molar refractivity (Wildman–Crippen MR) is 100 cm³/mol. The van der Waals surface area contributed by atoms with Gasteiger partial charge in [-0.15, -0.1) is 0 Å². The zero-order valence-electron chi connectivity index (χ0n) is 16.1. The number of nitrogens with zero attached hydrogens (tertiary/aromatic N) is 2. The van der Waals surface area contributed by atoms with Crippen LogP contribution in [0.2, 0.25) is 0 Å². The van der Waals surface area contributed by atoms with Crippen molar-refractivity contribution in [2.24, 2.45) is 5.92 Å². The van der Waals surface area contributed by atoms with Crippen LogP contribution < -0.4 is 4.74 Å². The zero-order valence-corrected chi connectivity index (χ0v) is 16.1. The van der Waals surface area contributed by atoms with Crippen LogP contribution in [-0.4, -0.2) is 68.1 Å². The van der Waals surface area contributed by atoms with Crippen molar-refractivity contribution >= 4 is 11.8 Å². The lowest BCUT2D eigenvalue weighted by molar-refractivity contribution is -0.132. The van der Waals surface area contributed by atoms with E-state index in [0.29, 0.717) is 63.0 Å². The molecule has 1 aliphatic heterocycles. The van der Waals surface area contributed by atoms with Crippen molar-refractivity contribution < 1.29 is 19.1 Å². The lowest BCUT2D eigenvalue weighted by atomic mass is 10.1. The average Bonchev–Trinajstić information content (AvgIpc) is 2.66. The standard InChI is InChI=1S/C20H30N2O4/c1-16(2)7-8-19(23)21-9-11-22(12-10-21)20(24)17-5-4-6-18(15-17)26-14-13-25-3/h4-6,15-16H,7-14H2,1-3H3. The minimum atomic E-state index is -0.0172. The van der Waals surface area contributed by atoms with Crippen molar-refractivity contribution in [3.05, 3.63) is 29.8 Å². The molecule has 0 aromatic heterocycles. The predicted octanol–water partition coefficient (Wildman–Crippen LogP) is 2.43. The Labute approximate surface area is 156 Å². The molecule has 0 saturated carbocycles. The largest absolute Gasteiger partial charge is 0.491 e. The quantitative estimate of drug-likeness (QED) is 0.667. The first kappa shape index (κ1) is 20.2. The first-order valence-electron chi connectivity index (χ1n) is 9.30. The summed E-state index contributed by atoms with van der Waals surface area (Å²) in [5, 5.41) is 0. The van der Waals surface area contributed by atoms with Gasteiger partial charge in [-0.3, -0.25) is 9.59 Å². The number of ether oxygens (including phenoxy) is 2. The summed E-state index contributed by atoms with van der Waals surface area (Å²) >= 11 is 0. The fourth-order valence-corrected chi connectivity index (χ4v) is 2.87. The highest BCUT2D eigenvalue weighted by Crippen LogP contribution is 2.17. The molecule has 1 fully saturated rings. The normalized spacial score (nSPS) is 14.6. The third-order valence-corrected chi connectivity index (χ3v) is 4.49. The lowest BCUT2D eigenvalue weighted by Crippen LogP contribution is -2.50. The minimum Gasteiger partial charge on any atom is -0.491 e. The van der Waals surface area contributed by atoms with E-state index >= 15 is 0 Å². The van der Waals surface area contributed by atoms with Crippen LogP contribution in [0.1, 0.15) is 37.0 Å². The summed E-state index contributed by atoms with van der Waals surface area (Å²) in [5.41, 5.74) is 0.611. The fraction of sp³-hybridized carbons (Fsp3) is 0.600. The van der Waals surface area contributed by atoms with E-state index in [1.807, 2.05) is 17.0 Å². The Kier molecular flexibility index (Phi) is 7.91. The number of carbonyl (C=O) groups excluding carboxylic acids is 2. The smallest absolute Gasteiger partial charge is 0.254 e. The second kappa shape index (κ2) is 10.2. The molecule has 26 heavy (non-hydrogen) atoms. The Hall–Kier alpha value is -2.08. The molecule has 0 unspecified atom stereocenters. The van der Waals surface area contributed by atoms with Gasteiger partial charge < -0.3 is 19.3 Å². The molecule has 0 bridgehead atoms. The van der Waals surface area contributed by atoms with Gasteiger partial charge in [-0.25, -0.2) is 0 Å². The van der Waals surface area contributed by atoms with Crippen LogP contribution in [0.3, 0.4) is 0 Å². The van der Waals surface area contributed by atoms with Crippen molar-refractivity contribution in [2.45, 2.75) is 26.7 Å². The van der Waals surface area contributed by atoms with E-state index in [1.54, 1.807) is 24.1 Å². The second-order valence-electron chi connectivity index (χ2n) is 6.97. The summed E-state index contributed by atoms with van der Waals surface area (Å²) in [4.78, 5) is 28.6. The fourth-order valence-electron chi connectivity index (χ4n) is 2.87. The van der Waals surface area contributed by atoms with Gasteiger partial charge in [-0.2, -0.15) is 0 Å². The Balaban J connectivity index is 1.86. The molecule has 1 aliphatic rings. The summed E-state index contributed by atoms with van der Waals surface area (Å²) in [5.74, 6) is 1.37. The third-order valence-electron chi connectivity index (χ3n) is 4.49. The van der Waals surface area contributed by atoms with Gasteiger partial charge in [0.05, 0.1) is 6.61 Å². The van der Waals surface area contributed by atoms with Gasteiger partial charge in [0.25, 0.3) is 5.91 Å². The first-order chi connectivity index (χ1) is 12.5. The Morgan fingerprint density at radius 1 is 1.08 bits per heavy atom. The molecule has 0 aliphatic carbocycles. The first-order valence-corrected chi connectivity index (χ1v) is 9.30. The molecule has 2 amide bonds. The summed E-state index contributed by atoms with van der Waals surface area (Å²) in [6.07, 6.45) is 1.50. The summed E-state index contributed by atoms with van der Waals surface area (Å²) in [7, 11) is 1.62. The molecule has 6 nitrogen and oxygen atoms in total. The van der Waals surface area contributed by atoms with E-state index in [-0.39, 0.29) is 11.8 Å². The highest BCUT2D eigenvalue weighted by Gasteiger charge is 2.24. The van der Waals surface area contributed by atoms with Crippen molar-refractivity contribution in [3.8, 4) is 5.75 Å². The highest BCUT2D eigenvalue weighted by molar-refractivity contribution is 5.94. The molecular formula is C20H30N2O4. The van der Waals surface area contributed by atoms with Crippen LogP contribution in [0.4, 0.5) is 0 Å². The molecule has 0 N–H and O–H groups in total. The summed E-state index contributed by atoms with van der Waals surface area (Å²) in [6, 6.07) is 7.21. The molecular weight excluding hydrogens is 332 g/mol. The van der Waals surface area contributed by atoms with Crippen molar-refractivity contribution in [2.75, 3.05) is 46.5 Å². The molecule has 1 aromatic rings. The Morgan fingerprint density at radius 2 is 1.77 bits per heavy atom.